The highest BCUT2D eigenvalue weighted by Crippen LogP contribution is 2.39. The van der Waals surface area contributed by atoms with Gasteiger partial charge in [-0.3, -0.25) is 0 Å². The average molecular weight is 491 g/mol. The maximum absolute atomic E-state index is 12.2. The molecule has 0 saturated heterocycles. The van der Waals surface area contributed by atoms with E-state index in [1.165, 1.54) is 18.2 Å². The Morgan fingerprint density at radius 2 is 1.82 bits per heavy atom. The molecular weight excluding hydrogens is 469 g/mol. The summed E-state index contributed by atoms with van der Waals surface area (Å²) in [5.74, 6) is 0.220. The van der Waals surface area contributed by atoms with Gasteiger partial charge in [0.25, 0.3) is 5.79 Å². The van der Waals surface area contributed by atoms with Crippen LogP contribution in [-0.4, -0.2) is 43.0 Å². The molecule has 2 aromatic rings. The molecule has 180 valence electrons. The molecule has 1 heterocycles. The van der Waals surface area contributed by atoms with Crippen molar-refractivity contribution in [2.24, 2.45) is 0 Å². The number of carboxylic acid groups (broad SMARTS) is 1. The third-order valence-corrected chi connectivity index (χ3v) is 5.02. The van der Waals surface area contributed by atoms with Crippen LogP contribution in [0.25, 0.3) is 0 Å². The number of halogens is 4. The monoisotopic (exact) mass is 490 g/mol. The van der Waals surface area contributed by atoms with Gasteiger partial charge in [-0.05, 0) is 30.3 Å². The third-order valence-electron chi connectivity index (χ3n) is 4.72. The summed E-state index contributed by atoms with van der Waals surface area (Å²) in [4.78, 5) is 11.0. The SMILES string of the molecule is CC[C@]1(OC(=O)O)Cc2cc(OCCCOc3ccc(OCC(F)(F)F)cc3Cl)ccc2O1. The predicted molar refractivity (Wildman–Crippen MR) is 112 cm³/mol. The molecule has 0 saturated carbocycles. The number of benzene rings is 2. The molecule has 7 nitrogen and oxygen atoms in total. The van der Waals surface area contributed by atoms with Gasteiger partial charge in [-0.1, -0.05) is 18.5 Å². The molecule has 0 radical (unpaired) electrons. The van der Waals surface area contributed by atoms with Crippen LogP contribution in [0, 0.1) is 0 Å². The number of hydrogen-bond acceptors (Lipinski definition) is 6. The van der Waals surface area contributed by atoms with Crippen molar-refractivity contribution >= 4 is 17.8 Å². The molecule has 0 unspecified atom stereocenters. The van der Waals surface area contributed by atoms with Crippen molar-refractivity contribution in [3.8, 4) is 23.0 Å². The summed E-state index contributed by atoms with van der Waals surface area (Å²) in [7, 11) is 0. The van der Waals surface area contributed by atoms with E-state index in [1.807, 2.05) is 0 Å². The van der Waals surface area contributed by atoms with Crippen LogP contribution < -0.4 is 18.9 Å². The fourth-order valence-corrected chi connectivity index (χ4v) is 3.41. The van der Waals surface area contributed by atoms with Gasteiger partial charge in [0.2, 0.25) is 0 Å². The molecule has 0 bridgehead atoms. The Balaban J connectivity index is 1.44. The Hall–Kier alpha value is -3.01. The molecule has 1 N–H and O–H groups in total. The lowest BCUT2D eigenvalue weighted by Crippen LogP contribution is -2.38. The molecule has 1 aliphatic rings. The first kappa shape index (κ1) is 24.6. The van der Waals surface area contributed by atoms with E-state index < -0.39 is 24.7 Å². The smallest absolute Gasteiger partial charge is 0.493 e. The maximum Gasteiger partial charge on any atom is 0.509 e. The number of ether oxygens (including phenoxy) is 5. The fraction of sp³-hybridized carbons (Fsp3) is 0.409. The summed E-state index contributed by atoms with van der Waals surface area (Å²) in [6.07, 6.45) is -4.67. The van der Waals surface area contributed by atoms with E-state index >= 15 is 0 Å². The molecular formula is C22H22ClF3O7. The van der Waals surface area contributed by atoms with Crippen molar-refractivity contribution < 1.29 is 46.8 Å². The first-order valence-electron chi connectivity index (χ1n) is 10.1. The van der Waals surface area contributed by atoms with Gasteiger partial charge in [0.05, 0.1) is 24.7 Å². The predicted octanol–water partition coefficient (Wildman–Crippen LogP) is 5.86. The summed E-state index contributed by atoms with van der Waals surface area (Å²) in [5, 5.41) is 9.08. The topological polar surface area (TPSA) is 83.5 Å². The van der Waals surface area contributed by atoms with Gasteiger partial charge in [-0.15, -0.1) is 0 Å². The molecule has 33 heavy (non-hydrogen) atoms. The molecule has 3 rings (SSSR count). The lowest BCUT2D eigenvalue weighted by Gasteiger charge is -2.25. The highest BCUT2D eigenvalue weighted by atomic mass is 35.5. The minimum absolute atomic E-state index is 0.00514. The van der Waals surface area contributed by atoms with Crippen molar-refractivity contribution in [2.45, 2.75) is 38.1 Å². The van der Waals surface area contributed by atoms with Gasteiger partial charge in [-0.2, -0.15) is 13.2 Å². The molecule has 0 fully saturated rings. The number of hydrogen-bond donors (Lipinski definition) is 1. The van der Waals surface area contributed by atoms with Gasteiger partial charge in [0, 0.05) is 24.5 Å². The fourth-order valence-electron chi connectivity index (χ4n) is 3.18. The first-order chi connectivity index (χ1) is 15.6. The van der Waals surface area contributed by atoms with Crippen molar-refractivity contribution in [3.63, 3.8) is 0 Å². The standard InChI is InChI=1S/C22H22ClF3O7/c1-2-21(33-20(27)28)12-14-10-15(4-6-18(14)32-21)29-8-3-9-30-19-7-5-16(11-17(19)23)31-13-22(24,25)26/h4-7,10-11H,2-3,8-9,12-13H2,1H3,(H,27,28)/t21-/m0/s1. The van der Waals surface area contributed by atoms with Crippen LogP contribution in [0.3, 0.4) is 0 Å². The van der Waals surface area contributed by atoms with Crippen LogP contribution >= 0.6 is 11.6 Å². The van der Waals surface area contributed by atoms with E-state index in [4.69, 9.17) is 35.7 Å². The zero-order valence-electron chi connectivity index (χ0n) is 17.6. The molecule has 1 aliphatic heterocycles. The van der Waals surface area contributed by atoms with Crippen molar-refractivity contribution in [1.82, 2.24) is 0 Å². The van der Waals surface area contributed by atoms with Crippen LogP contribution in [0.4, 0.5) is 18.0 Å². The van der Waals surface area contributed by atoms with Crippen LogP contribution in [0.1, 0.15) is 25.3 Å². The Morgan fingerprint density at radius 1 is 1.12 bits per heavy atom. The summed E-state index contributed by atoms with van der Waals surface area (Å²) < 4.78 is 63.2. The largest absolute Gasteiger partial charge is 0.509 e. The van der Waals surface area contributed by atoms with Gasteiger partial charge in [0.15, 0.2) is 6.61 Å². The lowest BCUT2D eigenvalue weighted by molar-refractivity contribution is -0.153. The van der Waals surface area contributed by atoms with E-state index in [0.29, 0.717) is 36.7 Å². The molecule has 2 aromatic carbocycles. The zero-order valence-corrected chi connectivity index (χ0v) is 18.4. The maximum atomic E-state index is 12.2. The summed E-state index contributed by atoms with van der Waals surface area (Å²) >= 11 is 6.03. The van der Waals surface area contributed by atoms with Crippen molar-refractivity contribution in [3.05, 3.63) is 47.0 Å². The minimum Gasteiger partial charge on any atom is -0.493 e. The molecule has 0 amide bonds. The van der Waals surface area contributed by atoms with E-state index in [-0.39, 0.29) is 23.8 Å². The Bertz CT molecular complexity index is 983. The van der Waals surface area contributed by atoms with Crippen molar-refractivity contribution in [1.29, 1.82) is 0 Å². The van der Waals surface area contributed by atoms with Crippen molar-refractivity contribution in [2.75, 3.05) is 19.8 Å². The van der Waals surface area contributed by atoms with Crippen LogP contribution in [0.5, 0.6) is 23.0 Å². The van der Waals surface area contributed by atoms with E-state index in [9.17, 15) is 18.0 Å². The zero-order chi connectivity index (χ0) is 24.1. The Morgan fingerprint density at radius 3 is 2.48 bits per heavy atom. The highest BCUT2D eigenvalue weighted by Gasteiger charge is 2.42. The molecule has 0 aliphatic carbocycles. The lowest BCUT2D eigenvalue weighted by atomic mass is 10.1. The second-order valence-corrected chi connectivity index (χ2v) is 7.63. The van der Waals surface area contributed by atoms with Gasteiger partial charge < -0.3 is 28.8 Å². The molecule has 0 spiro atoms. The van der Waals surface area contributed by atoms with E-state index in [0.717, 1.165) is 5.56 Å². The minimum atomic E-state index is -4.43. The Labute approximate surface area is 192 Å². The van der Waals surface area contributed by atoms with Gasteiger partial charge >= 0.3 is 12.3 Å². The second kappa shape index (κ2) is 10.3. The molecule has 11 heteroatoms. The first-order valence-corrected chi connectivity index (χ1v) is 10.5. The van der Waals surface area contributed by atoms with Crippen LogP contribution in [0.2, 0.25) is 5.02 Å². The van der Waals surface area contributed by atoms with E-state index in [1.54, 1.807) is 25.1 Å². The van der Waals surface area contributed by atoms with E-state index in [2.05, 4.69) is 4.74 Å². The number of fused-ring (bicyclic) bond motifs is 1. The normalized spacial score (nSPS) is 17.1. The van der Waals surface area contributed by atoms with Crippen LogP contribution in [-0.2, 0) is 11.2 Å². The number of alkyl halides is 3. The third kappa shape index (κ3) is 6.98. The average Bonchev–Trinajstić information content (AvgIpc) is 3.10. The number of rotatable bonds is 10. The second-order valence-electron chi connectivity index (χ2n) is 7.23. The molecule has 0 aromatic heterocycles. The number of carbonyl (C=O) groups is 1. The summed E-state index contributed by atoms with van der Waals surface area (Å²) in [6, 6.07) is 9.23. The Kier molecular flexibility index (Phi) is 7.68. The summed E-state index contributed by atoms with van der Waals surface area (Å²) in [5.41, 5.74) is 0.784. The van der Waals surface area contributed by atoms with Gasteiger partial charge in [-0.25, -0.2) is 4.79 Å². The highest BCUT2D eigenvalue weighted by molar-refractivity contribution is 6.32. The molecule has 1 atom stereocenters. The van der Waals surface area contributed by atoms with Crippen LogP contribution in [0.15, 0.2) is 36.4 Å². The quantitative estimate of drug-likeness (QED) is 0.329. The summed E-state index contributed by atoms with van der Waals surface area (Å²) in [6.45, 7) is 0.972. The van der Waals surface area contributed by atoms with Gasteiger partial charge in [0.1, 0.15) is 23.0 Å².